The molecular weight excluding hydrogens is 232 g/mol. The van der Waals surface area contributed by atoms with Gasteiger partial charge in [-0.2, -0.15) is 0 Å². The largest absolute Gasteiger partial charge is 0.490 e. The van der Waals surface area contributed by atoms with Gasteiger partial charge in [0.25, 0.3) is 5.91 Å². The molecule has 6 heteroatoms. The first-order valence-electron chi connectivity index (χ1n) is 4.56. The number of rotatable bonds is 5. The lowest BCUT2D eigenvalue weighted by Gasteiger charge is -2.10. The van der Waals surface area contributed by atoms with Gasteiger partial charge in [-0.3, -0.25) is 4.79 Å². The van der Waals surface area contributed by atoms with E-state index in [1.54, 1.807) is 7.11 Å². The van der Waals surface area contributed by atoms with E-state index in [1.807, 2.05) is 0 Å². The molecule has 0 aromatic heterocycles. The number of carbonyl (C=O) groups excluding carboxylic acids is 1. The lowest BCUT2D eigenvalue weighted by molar-refractivity contribution is 0.0992. The van der Waals surface area contributed by atoms with Crippen LogP contribution in [0.5, 0.6) is 5.75 Å². The van der Waals surface area contributed by atoms with Crippen LogP contribution in [0.3, 0.4) is 0 Å². The molecule has 0 saturated carbocycles. The fourth-order valence-corrected chi connectivity index (χ4v) is 1.28. The molecule has 1 aromatic carbocycles. The van der Waals surface area contributed by atoms with Crippen molar-refractivity contribution < 1.29 is 14.3 Å². The zero-order chi connectivity index (χ0) is 12.1. The Labute approximate surface area is 98.3 Å². The van der Waals surface area contributed by atoms with Gasteiger partial charge in [0.05, 0.1) is 22.9 Å². The Hall–Kier alpha value is -1.46. The maximum absolute atomic E-state index is 11.1. The number of methoxy groups -OCH3 is 1. The van der Waals surface area contributed by atoms with Crippen LogP contribution in [0.4, 0.5) is 5.69 Å². The van der Waals surface area contributed by atoms with Crippen molar-refractivity contribution >= 4 is 23.2 Å². The highest BCUT2D eigenvalue weighted by Gasteiger charge is 2.12. The SMILES string of the molecule is COCCOc1cc(N)c(Cl)cc1C(N)=O. The number of hydrogen-bond donors (Lipinski definition) is 2. The highest BCUT2D eigenvalue weighted by atomic mass is 35.5. The molecule has 0 unspecified atom stereocenters. The van der Waals surface area contributed by atoms with Gasteiger partial charge in [-0.05, 0) is 6.07 Å². The molecule has 5 nitrogen and oxygen atoms in total. The molecule has 0 aliphatic rings. The number of halogens is 1. The van der Waals surface area contributed by atoms with Crippen LogP contribution in [0.25, 0.3) is 0 Å². The van der Waals surface area contributed by atoms with Gasteiger partial charge in [0.1, 0.15) is 12.4 Å². The Morgan fingerprint density at radius 3 is 2.69 bits per heavy atom. The summed E-state index contributed by atoms with van der Waals surface area (Å²) in [6, 6.07) is 2.86. The van der Waals surface area contributed by atoms with Crippen LogP contribution in [0.1, 0.15) is 10.4 Å². The zero-order valence-corrected chi connectivity index (χ0v) is 9.58. The molecule has 1 rings (SSSR count). The highest BCUT2D eigenvalue weighted by Crippen LogP contribution is 2.28. The van der Waals surface area contributed by atoms with Gasteiger partial charge < -0.3 is 20.9 Å². The van der Waals surface area contributed by atoms with Crippen molar-refractivity contribution in [3.8, 4) is 5.75 Å². The van der Waals surface area contributed by atoms with E-state index in [1.165, 1.54) is 12.1 Å². The van der Waals surface area contributed by atoms with Crippen molar-refractivity contribution in [2.75, 3.05) is 26.1 Å². The van der Waals surface area contributed by atoms with Crippen LogP contribution in [-0.4, -0.2) is 26.2 Å². The molecular formula is C10H13ClN2O3. The lowest BCUT2D eigenvalue weighted by atomic mass is 10.1. The molecule has 1 amide bonds. The van der Waals surface area contributed by atoms with E-state index < -0.39 is 5.91 Å². The Bertz CT molecular complexity index is 396. The van der Waals surface area contributed by atoms with Crippen LogP contribution >= 0.6 is 11.6 Å². The predicted octanol–water partition coefficient (Wildman–Crippen LogP) is 1.05. The van der Waals surface area contributed by atoms with Gasteiger partial charge in [-0.15, -0.1) is 0 Å². The summed E-state index contributed by atoms with van der Waals surface area (Å²) in [5, 5.41) is 0.271. The van der Waals surface area contributed by atoms with Gasteiger partial charge in [-0.1, -0.05) is 11.6 Å². The number of benzene rings is 1. The normalized spacial score (nSPS) is 10.1. The van der Waals surface area contributed by atoms with Crippen molar-refractivity contribution in [1.29, 1.82) is 0 Å². The van der Waals surface area contributed by atoms with Crippen LogP contribution < -0.4 is 16.2 Å². The van der Waals surface area contributed by atoms with E-state index in [-0.39, 0.29) is 10.6 Å². The van der Waals surface area contributed by atoms with E-state index in [9.17, 15) is 4.79 Å². The number of amides is 1. The monoisotopic (exact) mass is 244 g/mol. The fraction of sp³-hybridized carbons (Fsp3) is 0.300. The third-order valence-electron chi connectivity index (χ3n) is 1.91. The number of anilines is 1. The fourth-order valence-electron chi connectivity index (χ4n) is 1.12. The molecule has 16 heavy (non-hydrogen) atoms. The van der Waals surface area contributed by atoms with Crippen molar-refractivity contribution in [2.24, 2.45) is 5.73 Å². The van der Waals surface area contributed by atoms with E-state index in [4.69, 9.17) is 32.5 Å². The first-order valence-corrected chi connectivity index (χ1v) is 4.94. The van der Waals surface area contributed by atoms with Crippen LogP contribution in [-0.2, 0) is 4.74 Å². The van der Waals surface area contributed by atoms with Gasteiger partial charge in [0, 0.05) is 13.2 Å². The number of carbonyl (C=O) groups is 1. The van der Waals surface area contributed by atoms with Crippen LogP contribution in [0.2, 0.25) is 5.02 Å². The second-order valence-electron chi connectivity index (χ2n) is 3.08. The first-order chi connectivity index (χ1) is 7.56. The minimum Gasteiger partial charge on any atom is -0.490 e. The van der Waals surface area contributed by atoms with Gasteiger partial charge >= 0.3 is 0 Å². The van der Waals surface area contributed by atoms with Crippen molar-refractivity contribution in [1.82, 2.24) is 0 Å². The summed E-state index contributed by atoms with van der Waals surface area (Å²) < 4.78 is 10.1. The zero-order valence-electron chi connectivity index (χ0n) is 8.83. The molecule has 4 N–H and O–H groups in total. The third-order valence-corrected chi connectivity index (χ3v) is 2.24. The molecule has 0 spiro atoms. The van der Waals surface area contributed by atoms with E-state index in [0.29, 0.717) is 24.7 Å². The Kier molecular flexibility index (Phi) is 4.39. The summed E-state index contributed by atoms with van der Waals surface area (Å²) in [5.41, 5.74) is 11.3. The third kappa shape index (κ3) is 3.01. The molecule has 0 aliphatic carbocycles. The molecule has 88 valence electrons. The molecule has 0 bridgehead atoms. The molecule has 0 atom stereocenters. The number of nitrogens with two attached hydrogens (primary N) is 2. The predicted molar refractivity (Wildman–Crippen MR) is 61.8 cm³/mol. The topological polar surface area (TPSA) is 87.6 Å². The number of ether oxygens (including phenoxy) is 2. The maximum Gasteiger partial charge on any atom is 0.252 e. The molecule has 1 aromatic rings. The van der Waals surface area contributed by atoms with E-state index in [2.05, 4.69) is 0 Å². The average molecular weight is 245 g/mol. The summed E-state index contributed by atoms with van der Waals surface area (Å²) in [5.74, 6) is -0.305. The lowest BCUT2D eigenvalue weighted by Crippen LogP contribution is -2.15. The van der Waals surface area contributed by atoms with Gasteiger partial charge in [0.2, 0.25) is 0 Å². The Balaban J connectivity index is 2.95. The summed E-state index contributed by atoms with van der Waals surface area (Å²) in [7, 11) is 1.55. The second-order valence-corrected chi connectivity index (χ2v) is 3.48. The second kappa shape index (κ2) is 5.58. The van der Waals surface area contributed by atoms with Gasteiger partial charge in [0.15, 0.2) is 0 Å². The minimum atomic E-state index is -0.616. The van der Waals surface area contributed by atoms with Gasteiger partial charge in [-0.25, -0.2) is 0 Å². The van der Waals surface area contributed by atoms with E-state index in [0.717, 1.165) is 0 Å². The minimum absolute atomic E-state index is 0.204. The summed E-state index contributed by atoms with van der Waals surface area (Å²) >= 11 is 5.78. The van der Waals surface area contributed by atoms with E-state index >= 15 is 0 Å². The Morgan fingerprint density at radius 2 is 2.12 bits per heavy atom. The molecule has 0 fully saturated rings. The summed E-state index contributed by atoms with van der Waals surface area (Å²) in [4.78, 5) is 11.1. The highest BCUT2D eigenvalue weighted by molar-refractivity contribution is 6.33. The summed E-state index contributed by atoms with van der Waals surface area (Å²) in [6.45, 7) is 0.707. The van der Waals surface area contributed by atoms with Crippen molar-refractivity contribution in [2.45, 2.75) is 0 Å². The average Bonchev–Trinajstić information content (AvgIpc) is 2.23. The molecule has 0 saturated heterocycles. The molecule has 0 radical (unpaired) electrons. The Morgan fingerprint density at radius 1 is 1.44 bits per heavy atom. The first kappa shape index (κ1) is 12.6. The van der Waals surface area contributed by atoms with Crippen molar-refractivity contribution in [3.63, 3.8) is 0 Å². The van der Waals surface area contributed by atoms with Crippen LogP contribution in [0.15, 0.2) is 12.1 Å². The molecule has 0 heterocycles. The number of nitrogen functional groups attached to an aromatic ring is 1. The smallest absolute Gasteiger partial charge is 0.252 e. The standard InChI is InChI=1S/C10H13ClN2O3/c1-15-2-3-16-9-5-8(12)7(11)4-6(9)10(13)14/h4-5H,2-3,12H2,1H3,(H2,13,14). The van der Waals surface area contributed by atoms with Crippen molar-refractivity contribution in [3.05, 3.63) is 22.7 Å². The number of hydrogen-bond acceptors (Lipinski definition) is 4. The van der Waals surface area contributed by atoms with Crippen LogP contribution in [0, 0.1) is 0 Å². The summed E-state index contributed by atoms with van der Waals surface area (Å²) in [6.07, 6.45) is 0. The maximum atomic E-state index is 11.1. The number of primary amides is 1. The quantitative estimate of drug-likeness (QED) is 0.599. The molecule has 0 aliphatic heterocycles.